The molecule has 0 unspecified atom stereocenters. The van der Waals surface area contributed by atoms with E-state index in [1.54, 1.807) is 0 Å². The lowest BCUT2D eigenvalue weighted by atomic mass is 10.6. The average molecular weight is 151 g/mol. The van der Waals surface area contributed by atoms with E-state index in [0.717, 1.165) is 0 Å². The maximum atomic E-state index is 9.03. The molecule has 1 heterocycles. The summed E-state index contributed by atoms with van der Waals surface area (Å²) >= 11 is 0. The van der Waals surface area contributed by atoms with E-state index in [0.29, 0.717) is 5.82 Å². The summed E-state index contributed by atoms with van der Waals surface area (Å²) in [7, 11) is 0. The molecule has 0 aromatic carbocycles. The molecule has 11 heavy (non-hydrogen) atoms. The third-order valence-corrected chi connectivity index (χ3v) is 1.32. The van der Waals surface area contributed by atoms with E-state index in [2.05, 4.69) is 18.1 Å². The van der Waals surface area contributed by atoms with Gasteiger partial charge in [-0.2, -0.15) is 4.98 Å². The normalized spacial score (nSPS) is 9.45. The lowest BCUT2D eigenvalue weighted by molar-refractivity contribution is 0.459. The van der Waals surface area contributed by atoms with Crippen LogP contribution >= 0.6 is 0 Å². The van der Waals surface area contributed by atoms with Gasteiger partial charge < -0.3 is 10.8 Å². The molecule has 58 valence electrons. The summed E-state index contributed by atoms with van der Waals surface area (Å²) in [5, 5.41) is 9.03. The largest absolute Gasteiger partial charge is 0.491 e. The number of anilines is 1. The smallest absolute Gasteiger partial charge is 0.255 e. The first-order valence-corrected chi connectivity index (χ1v) is 3.02. The van der Waals surface area contributed by atoms with Gasteiger partial charge in [0.05, 0.1) is 0 Å². The Labute approximate surface area is 64.3 Å². The molecule has 1 aromatic rings. The van der Waals surface area contributed by atoms with Gasteiger partial charge in [-0.1, -0.05) is 13.2 Å². The average Bonchev–Trinajstić information content (AvgIpc) is 2.28. The second kappa shape index (κ2) is 2.49. The second-order valence-corrected chi connectivity index (χ2v) is 1.94. The number of hydrogen-bond acceptors (Lipinski definition) is 3. The molecule has 1 rings (SSSR count). The van der Waals surface area contributed by atoms with Crippen LogP contribution in [0.5, 0.6) is 5.88 Å². The van der Waals surface area contributed by atoms with Gasteiger partial charge in [-0.25, -0.2) is 0 Å². The summed E-state index contributed by atoms with van der Waals surface area (Å²) in [6.45, 7) is 6.99. The predicted octanol–water partition coefficient (Wildman–Crippen LogP) is 0.914. The number of rotatable bonds is 2. The minimum absolute atomic E-state index is 0.176. The molecule has 4 nitrogen and oxygen atoms in total. The third-order valence-electron chi connectivity index (χ3n) is 1.32. The fourth-order valence-electron chi connectivity index (χ4n) is 0.787. The zero-order valence-electron chi connectivity index (χ0n) is 5.99. The van der Waals surface area contributed by atoms with Gasteiger partial charge in [0.15, 0.2) is 5.82 Å². The highest BCUT2D eigenvalue weighted by atomic mass is 16.3. The summed E-state index contributed by atoms with van der Waals surface area (Å²) in [6.07, 6.45) is 2.94. The number of imidazole rings is 1. The quantitative estimate of drug-likeness (QED) is 0.660. The number of aromatic hydroxyl groups is 1. The molecule has 0 bridgehead atoms. The Hall–Kier alpha value is -1.71. The van der Waals surface area contributed by atoms with E-state index in [-0.39, 0.29) is 11.7 Å². The topological polar surface area (TPSA) is 64.1 Å². The van der Waals surface area contributed by atoms with Crippen molar-refractivity contribution in [3.8, 4) is 5.88 Å². The van der Waals surface area contributed by atoms with Crippen molar-refractivity contribution in [1.82, 2.24) is 9.55 Å². The first-order chi connectivity index (χ1) is 5.20. The van der Waals surface area contributed by atoms with Gasteiger partial charge in [-0.3, -0.25) is 4.57 Å². The molecular weight excluding hydrogens is 142 g/mol. The molecule has 0 amide bonds. The van der Waals surface area contributed by atoms with Gasteiger partial charge in [0.1, 0.15) is 5.82 Å². The van der Waals surface area contributed by atoms with Crippen molar-refractivity contribution >= 4 is 18.1 Å². The van der Waals surface area contributed by atoms with Crippen LogP contribution in [-0.4, -0.2) is 14.7 Å². The molecule has 0 aliphatic rings. The summed E-state index contributed by atoms with van der Waals surface area (Å²) in [5.74, 6) is 0.463. The van der Waals surface area contributed by atoms with E-state index < -0.39 is 0 Å². The highest BCUT2D eigenvalue weighted by Crippen LogP contribution is 2.20. The maximum absolute atomic E-state index is 9.03. The predicted molar refractivity (Wildman–Crippen MR) is 44.8 cm³/mol. The first-order valence-electron chi connectivity index (χ1n) is 3.02. The molecule has 3 N–H and O–H groups in total. The van der Waals surface area contributed by atoms with Crippen molar-refractivity contribution in [2.45, 2.75) is 0 Å². The summed E-state index contributed by atoms with van der Waals surface area (Å²) < 4.78 is 1.45. The minimum atomic E-state index is -0.195. The molecule has 0 radical (unpaired) electrons. The van der Waals surface area contributed by atoms with Crippen molar-refractivity contribution in [2.75, 3.05) is 5.73 Å². The number of nitrogens with two attached hydrogens (primary N) is 1. The summed E-state index contributed by atoms with van der Waals surface area (Å²) in [4.78, 5) is 3.70. The van der Waals surface area contributed by atoms with Crippen LogP contribution in [0.15, 0.2) is 13.2 Å². The monoisotopic (exact) mass is 151 g/mol. The van der Waals surface area contributed by atoms with Gasteiger partial charge in [-0.15, -0.1) is 0 Å². The standard InChI is InChI=1S/C7H9N3O/c1-3-5-9-7(11)6(8)10(5)4-2/h3-4,11H,1-2,8H2. The van der Waals surface area contributed by atoms with Gasteiger partial charge >= 0.3 is 0 Å². The Morgan fingerprint density at radius 2 is 2.18 bits per heavy atom. The van der Waals surface area contributed by atoms with Gasteiger partial charge in [-0.05, 0) is 6.08 Å². The Morgan fingerprint density at radius 3 is 2.55 bits per heavy atom. The molecular formula is C7H9N3O. The Bertz CT molecular complexity index is 301. The molecule has 0 aliphatic carbocycles. The van der Waals surface area contributed by atoms with E-state index in [1.807, 2.05) is 0 Å². The molecule has 0 aliphatic heterocycles. The Morgan fingerprint density at radius 1 is 1.55 bits per heavy atom. The molecule has 4 heteroatoms. The SMILES string of the molecule is C=Cc1nc(O)c(N)n1C=C. The van der Waals surface area contributed by atoms with Crippen LogP contribution in [0.25, 0.3) is 12.3 Å². The first kappa shape index (κ1) is 7.40. The lowest BCUT2D eigenvalue weighted by Gasteiger charge is -1.96. The van der Waals surface area contributed by atoms with E-state index >= 15 is 0 Å². The van der Waals surface area contributed by atoms with Crippen molar-refractivity contribution < 1.29 is 5.11 Å². The van der Waals surface area contributed by atoms with Crippen LogP contribution in [0, 0.1) is 0 Å². The number of nitrogens with zero attached hydrogens (tertiary/aromatic N) is 2. The molecule has 0 saturated carbocycles. The molecule has 0 saturated heterocycles. The van der Waals surface area contributed by atoms with Crippen LogP contribution in [0.2, 0.25) is 0 Å². The number of hydrogen-bond donors (Lipinski definition) is 2. The molecule has 1 aromatic heterocycles. The number of nitrogen functional groups attached to an aromatic ring is 1. The molecule has 0 fully saturated rings. The lowest BCUT2D eigenvalue weighted by Crippen LogP contribution is -1.95. The Balaban J connectivity index is 3.37. The summed E-state index contributed by atoms with van der Waals surface area (Å²) in [5.41, 5.74) is 5.42. The second-order valence-electron chi connectivity index (χ2n) is 1.94. The maximum Gasteiger partial charge on any atom is 0.255 e. The highest BCUT2D eigenvalue weighted by Gasteiger charge is 2.07. The highest BCUT2D eigenvalue weighted by molar-refractivity contribution is 5.56. The summed E-state index contributed by atoms with van der Waals surface area (Å²) in [6, 6.07) is 0. The molecule has 0 spiro atoms. The van der Waals surface area contributed by atoms with Gasteiger partial charge in [0.2, 0.25) is 0 Å². The van der Waals surface area contributed by atoms with Crippen molar-refractivity contribution in [2.24, 2.45) is 0 Å². The molecule has 0 atom stereocenters. The van der Waals surface area contributed by atoms with Crippen molar-refractivity contribution in [1.29, 1.82) is 0 Å². The van der Waals surface area contributed by atoms with Crippen LogP contribution < -0.4 is 5.73 Å². The third kappa shape index (κ3) is 0.980. The van der Waals surface area contributed by atoms with Crippen molar-refractivity contribution in [3.05, 3.63) is 19.0 Å². The van der Waals surface area contributed by atoms with Crippen LogP contribution in [0.3, 0.4) is 0 Å². The number of aromatic nitrogens is 2. The zero-order valence-corrected chi connectivity index (χ0v) is 5.99. The zero-order chi connectivity index (χ0) is 8.43. The van der Waals surface area contributed by atoms with Crippen LogP contribution in [0.4, 0.5) is 5.82 Å². The van der Waals surface area contributed by atoms with Crippen LogP contribution in [-0.2, 0) is 0 Å². The van der Waals surface area contributed by atoms with Gasteiger partial charge in [0.25, 0.3) is 5.88 Å². The van der Waals surface area contributed by atoms with Gasteiger partial charge in [0, 0.05) is 6.20 Å². The van der Waals surface area contributed by atoms with E-state index in [4.69, 9.17) is 10.8 Å². The minimum Gasteiger partial charge on any atom is -0.491 e. The fourth-order valence-corrected chi connectivity index (χ4v) is 0.787. The van der Waals surface area contributed by atoms with E-state index in [9.17, 15) is 0 Å². The van der Waals surface area contributed by atoms with E-state index in [1.165, 1.54) is 16.8 Å². The van der Waals surface area contributed by atoms with Crippen molar-refractivity contribution in [3.63, 3.8) is 0 Å². The Kier molecular flexibility index (Phi) is 1.68. The fraction of sp³-hybridized carbons (Fsp3) is 0. The van der Waals surface area contributed by atoms with Crippen LogP contribution in [0.1, 0.15) is 5.82 Å².